The molecule has 0 amide bonds. The summed E-state index contributed by atoms with van der Waals surface area (Å²) in [5, 5.41) is 1.83. The van der Waals surface area contributed by atoms with Crippen molar-refractivity contribution in [3.05, 3.63) is 64.8 Å². The maximum Gasteiger partial charge on any atom is 0.306 e. The molecule has 3 aromatic rings. The number of nitrogens with zero attached hydrogens (tertiary/aromatic N) is 1. The predicted molar refractivity (Wildman–Crippen MR) is 104 cm³/mol. The number of hydrogen-bond donors (Lipinski definition) is 0. The number of carbonyl (C=O) groups is 1. The summed E-state index contributed by atoms with van der Waals surface area (Å²) < 4.78 is 13.2. The van der Waals surface area contributed by atoms with E-state index in [0.717, 1.165) is 27.9 Å². The molecule has 0 bridgehead atoms. The van der Waals surface area contributed by atoms with Crippen molar-refractivity contribution >= 4 is 28.5 Å². The zero-order chi connectivity index (χ0) is 18.5. The predicted octanol–water partition coefficient (Wildman–Crippen LogP) is 4.91. The number of benzene rings is 2. The Kier molecular flexibility index (Phi) is 5.84. The summed E-state index contributed by atoms with van der Waals surface area (Å²) in [6.07, 6.45) is 0.981. The molecule has 0 saturated carbocycles. The van der Waals surface area contributed by atoms with Gasteiger partial charge in [0.25, 0.3) is 0 Å². The van der Waals surface area contributed by atoms with E-state index in [-0.39, 0.29) is 5.97 Å². The van der Waals surface area contributed by atoms with E-state index in [1.807, 2.05) is 38.2 Å². The summed E-state index contributed by atoms with van der Waals surface area (Å²) in [7, 11) is 2.02. The smallest absolute Gasteiger partial charge is 0.306 e. The number of aromatic nitrogens is 1. The molecule has 5 heteroatoms. The molecule has 0 saturated heterocycles. The molecule has 0 aliphatic rings. The first-order chi connectivity index (χ1) is 12.6. The minimum atomic E-state index is -0.176. The summed E-state index contributed by atoms with van der Waals surface area (Å²) in [5.74, 6) is 0.584. The molecule has 0 N–H and O–H groups in total. The van der Waals surface area contributed by atoms with E-state index in [1.165, 1.54) is 0 Å². The van der Waals surface area contributed by atoms with Crippen molar-refractivity contribution in [2.75, 3.05) is 6.61 Å². The largest absolute Gasteiger partial charge is 0.487 e. The van der Waals surface area contributed by atoms with E-state index in [9.17, 15) is 4.79 Å². The van der Waals surface area contributed by atoms with Crippen LogP contribution in [0.3, 0.4) is 0 Å². The fourth-order valence-corrected chi connectivity index (χ4v) is 3.26. The number of halogens is 1. The van der Waals surface area contributed by atoms with Gasteiger partial charge in [-0.05, 0) is 49.2 Å². The average molecular weight is 372 g/mol. The summed E-state index contributed by atoms with van der Waals surface area (Å²) in [5.41, 5.74) is 3.32. The minimum absolute atomic E-state index is 0.176. The number of rotatable bonds is 7. The summed E-state index contributed by atoms with van der Waals surface area (Å²) in [6.45, 7) is 2.65. The molecule has 0 aliphatic heterocycles. The Hall–Kier alpha value is -2.46. The van der Waals surface area contributed by atoms with Crippen LogP contribution in [0.25, 0.3) is 10.9 Å². The van der Waals surface area contributed by atoms with E-state index >= 15 is 0 Å². The first-order valence-electron chi connectivity index (χ1n) is 8.69. The number of ether oxygens (including phenoxy) is 2. The molecule has 0 atom stereocenters. The van der Waals surface area contributed by atoms with Crippen LogP contribution in [0.2, 0.25) is 5.02 Å². The molecule has 0 spiro atoms. The van der Waals surface area contributed by atoms with E-state index in [2.05, 4.69) is 16.7 Å². The standard InChI is InChI=1S/C21H22ClNO3/c1-3-25-21(24)13-12-18-17-6-4-5-7-19(17)23(2)20(18)14-26-16-10-8-15(22)9-11-16/h4-11H,3,12-14H2,1-2H3. The van der Waals surface area contributed by atoms with E-state index in [4.69, 9.17) is 21.1 Å². The number of esters is 1. The van der Waals surface area contributed by atoms with Crippen molar-refractivity contribution in [2.45, 2.75) is 26.4 Å². The zero-order valence-electron chi connectivity index (χ0n) is 15.0. The number of aryl methyl sites for hydroxylation is 2. The topological polar surface area (TPSA) is 40.5 Å². The molecule has 0 radical (unpaired) electrons. The Bertz CT molecular complexity index is 900. The SMILES string of the molecule is CCOC(=O)CCc1c(COc2ccc(Cl)cc2)n(C)c2ccccc12. The summed E-state index contributed by atoms with van der Waals surface area (Å²) >= 11 is 5.93. The molecule has 0 unspecified atom stereocenters. The Balaban J connectivity index is 1.87. The Morgan fingerprint density at radius 2 is 1.85 bits per heavy atom. The van der Waals surface area contributed by atoms with Crippen LogP contribution in [-0.4, -0.2) is 17.1 Å². The monoisotopic (exact) mass is 371 g/mol. The third kappa shape index (κ3) is 4.02. The zero-order valence-corrected chi connectivity index (χ0v) is 15.8. The molecule has 0 aliphatic carbocycles. The third-order valence-corrected chi connectivity index (χ3v) is 4.67. The molecule has 1 heterocycles. The van der Waals surface area contributed by atoms with Gasteiger partial charge in [-0.1, -0.05) is 29.8 Å². The van der Waals surface area contributed by atoms with Crippen molar-refractivity contribution in [3.63, 3.8) is 0 Å². The van der Waals surface area contributed by atoms with Crippen molar-refractivity contribution in [3.8, 4) is 5.75 Å². The lowest BCUT2D eigenvalue weighted by atomic mass is 10.1. The number of para-hydroxylation sites is 1. The highest BCUT2D eigenvalue weighted by atomic mass is 35.5. The van der Waals surface area contributed by atoms with Crippen LogP contribution in [0.4, 0.5) is 0 Å². The van der Waals surface area contributed by atoms with Crippen LogP contribution in [0.15, 0.2) is 48.5 Å². The van der Waals surface area contributed by atoms with Crippen LogP contribution >= 0.6 is 11.6 Å². The lowest BCUT2D eigenvalue weighted by Crippen LogP contribution is -2.08. The van der Waals surface area contributed by atoms with Crippen molar-refractivity contribution in [2.24, 2.45) is 7.05 Å². The molecule has 4 nitrogen and oxygen atoms in total. The third-order valence-electron chi connectivity index (χ3n) is 4.42. The highest BCUT2D eigenvalue weighted by Crippen LogP contribution is 2.28. The van der Waals surface area contributed by atoms with Gasteiger partial charge in [0, 0.05) is 29.4 Å². The molecule has 3 rings (SSSR count). The van der Waals surface area contributed by atoms with Crippen LogP contribution in [0.1, 0.15) is 24.6 Å². The summed E-state index contributed by atoms with van der Waals surface area (Å²) in [4.78, 5) is 11.8. The lowest BCUT2D eigenvalue weighted by molar-refractivity contribution is -0.143. The average Bonchev–Trinajstić information content (AvgIpc) is 2.92. The van der Waals surface area contributed by atoms with E-state index < -0.39 is 0 Å². The van der Waals surface area contributed by atoms with Crippen LogP contribution < -0.4 is 4.74 Å². The van der Waals surface area contributed by atoms with E-state index in [0.29, 0.717) is 31.1 Å². The van der Waals surface area contributed by atoms with Gasteiger partial charge in [-0.15, -0.1) is 0 Å². The maximum absolute atomic E-state index is 11.8. The molecule has 0 fully saturated rings. The fraction of sp³-hybridized carbons (Fsp3) is 0.286. The molecule has 1 aromatic heterocycles. The molecular formula is C21H22ClNO3. The first-order valence-corrected chi connectivity index (χ1v) is 9.07. The molecular weight excluding hydrogens is 350 g/mol. The normalized spacial score (nSPS) is 10.9. The van der Waals surface area contributed by atoms with Gasteiger partial charge in [0.2, 0.25) is 0 Å². The molecule has 136 valence electrons. The minimum Gasteiger partial charge on any atom is -0.487 e. The van der Waals surface area contributed by atoms with Crippen molar-refractivity contribution < 1.29 is 14.3 Å². The Morgan fingerprint density at radius 3 is 2.58 bits per heavy atom. The second-order valence-electron chi connectivity index (χ2n) is 6.05. The first kappa shape index (κ1) is 18.3. The van der Waals surface area contributed by atoms with Gasteiger partial charge < -0.3 is 14.0 Å². The molecule has 2 aromatic carbocycles. The van der Waals surface area contributed by atoms with Gasteiger partial charge in [-0.25, -0.2) is 0 Å². The van der Waals surface area contributed by atoms with Crippen LogP contribution in [-0.2, 0) is 29.6 Å². The Labute approximate surface area is 158 Å². The highest BCUT2D eigenvalue weighted by molar-refractivity contribution is 6.30. The lowest BCUT2D eigenvalue weighted by Gasteiger charge is -2.10. The second-order valence-corrected chi connectivity index (χ2v) is 6.49. The van der Waals surface area contributed by atoms with E-state index in [1.54, 1.807) is 12.1 Å². The second kappa shape index (κ2) is 8.28. The van der Waals surface area contributed by atoms with Gasteiger partial charge in [0.15, 0.2) is 0 Å². The van der Waals surface area contributed by atoms with Crippen LogP contribution in [0, 0.1) is 0 Å². The van der Waals surface area contributed by atoms with Crippen molar-refractivity contribution in [1.82, 2.24) is 4.57 Å². The van der Waals surface area contributed by atoms with Gasteiger partial charge in [-0.3, -0.25) is 4.79 Å². The number of carbonyl (C=O) groups excluding carboxylic acids is 1. The van der Waals surface area contributed by atoms with Gasteiger partial charge in [0.05, 0.1) is 12.3 Å². The van der Waals surface area contributed by atoms with Crippen LogP contribution in [0.5, 0.6) is 5.75 Å². The number of fused-ring (bicyclic) bond motifs is 1. The van der Waals surface area contributed by atoms with Gasteiger partial charge in [-0.2, -0.15) is 0 Å². The molecule has 26 heavy (non-hydrogen) atoms. The quantitative estimate of drug-likeness (QED) is 0.554. The Morgan fingerprint density at radius 1 is 1.12 bits per heavy atom. The number of hydrogen-bond acceptors (Lipinski definition) is 3. The van der Waals surface area contributed by atoms with Gasteiger partial charge in [0.1, 0.15) is 12.4 Å². The fourth-order valence-electron chi connectivity index (χ4n) is 3.13. The van der Waals surface area contributed by atoms with Crippen molar-refractivity contribution in [1.29, 1.82) is 0 Å². The van der Waals surface area contributed by atoms with Gasteiger partial charge >= 0.3 is 5.97 Å². The summed E-state index contributed by atoms with van der Waals surface area (Å²) in [6, 6.07) is 15.5. The highest BCUT2D eigenvalue weighted by Gasteiger charge is 2.16. The maximum atomic E-state index is 11.8.